The molecule has 2 nitrogen and oxygen atoms in total. The Balaban J connectivity index is 1.32. The highest BCUT2D eigenvalue weighted by Gasteiger charge is 2.17. The lowest BCUT2D eigenvalue weighted by molar-refractivity contribution is 1.26. The summed E-state index contributed by atoms with van der Waals surface area (Å²) in [5, 5.41) is 2.42. The van der Waals surface area contributed by atoms with Crippen LogP contribution in [0.3, 0.4) is 0 Å². The van der Waals surface area contributed by atoms with Crippen LogP contribution in [-0.4, -0.2) is 0 Å². The van der Waals surface area contributed by atoms with Crippen LogP contribution in [0.5, 0.6) is 0 Å². The van der Waals surface area contributed by atoms with Gasteiger partial charge in [0.05, 0.1) is 5.69 Å². The van der Waals surface area contributed by atoms with Gasteiger partial charge in [-0.15, -0.1) is 0 Å². The maximum atomic E-state index is 3.99. The Kier molecular flexibility index (Phi) is 8.80. The molecule has 0 spiro atoms. The van der Waals surface area contributed by atoms with Crippen molar-refractivity contribution >= 4 is 50.5 Å². The molecule has 0 aliphatic heterocycles. The second-order valence-electron chi connectivity index (χ2n) is 11.5. The summed E-state index contributed by atoms with van der Waals surface area (Å²) in [6.45, 7) is 7.86. The molecule has 0 unspecified atom stereocenters. The van der Waals surface area contributed by atoms with Crippen molar-refractivity contribution < 1.29 is 0 Å². The molecule has 0 atom stereocenters. The number of allylic oxidation sites excluding steroid dienone is 4. The van der Waals surface area contributed by atoms with Crippen LogP contribution in [0.15, 0.2) is 207 Å². The van der Waals surface area contributed by atoms with Crippen molar-refractivity contribution in [3.05, 3.63) is 213 Å². The van der Waals surface area contributed by atoms with Gasteiger partial charge in [0.25, 0.3) is 0 Å². The fourth-order valence-electron chi connectivity index (χ4n) is 6.25. The van der Waals surface area contributed by atoms with Gasteiger partial charge in [0, 0.05) is 33.8 Å². The minimum Gasteiger partial charge on any atom is -0.311 e. The third kappa shape index (κ3) is 6.20. The largest absolute Gasteiger partial charge is 0.311 e. The molecule has 0 heterocycles. The summed E-state index contributed by atoms with van der Waals surface area (Å²) in [7, 11) is 0. The molecule has 7 rings (SSSR count). The first kappa shape index (κ1) is 30.3. The van der Waals surface area contributed by atoms with Gasteiger partial charge in [-0.1, -0.05) is 141 Å². The van der Waals surface area contributed by atoms with E-state index in [1.165, 1.54) is 21.9 Å². The van der Waals surface area contributed by atoms with E-state index in [4.69, 9.17) is 0 Å². The highest BCUT2D eigenvalue weighted by Crippen LogP contribution is 2.41. The third-order valence-electron chi connectivity index (χ3n) is 8.60. The molecule has 0 bridgehead atoms. The van der Waals surface area contributed by atoms with Crippen molar-refractivity contribution in [3.63, 3.8) is 0 Å². The molecule has 0 saturated carbocycles. The fraction of sp³-hybridized carbons (Fsp3) is 0. The van der Waals surface area contributed by atoms with Crippen LogP contribution in [-0.2, 0) is 0 Å². The number of hydrogen-bond acceptors (Lipinski definition) is 2. The maximum Gasteiger partial charge on any atom is 0.0540 e. The molecule has 0 amide bonds. The smallest absolute Gasteiger partial charge is 0.0540 e. The van der Waals surface area contributed by atoms with Gasteiger partial charge in [-0.2, -0.15) is 0 Å². The lowest BCUT2D eigenvalue weighted by Crippen LogP contribution is -2.12. The van der Waals surface area contributed by atoms with Crippen LogP contribution in [0, 0.1) is 0 Å². The zero-order valence-electron chi connectivity index (χ0n) is 26.8. The standard InChI is InChI=1S/C46H36N2/c1-3-14-35(4-2)37-23-27-41(28-24-37)47(42-29-25-38(26-30-42)36-15-7-5-8-16-36)43-31-33-44(34-32-43)48(40-19-9-6-10-20-40)46-22-13-18-39-17-11-12-21-45(39)46/h3-34H,1-2H2/b35-14+. The Hall–Kier alpha value is -6.38. The van der Waals surface area contributed by atoms with E-state index < -0.39 is 0 Å². The summed E-state index contributed by atoms with van der Waals surface area (Å²) in [5.41, 5.74) is 11.1. The molecular weight excluding hydrogens is 581 g/mol. The Morgan fingerprint density at radius 3 is 1.52 bits per heavy atom. The van der Waals surface area contributed by atoms with E-state index in [1.54, 1.807) is 6.08 Å². The first-order chi connectivity index (χ1) is 23.7. The van der Waals surface area contributed by atoms with Crippen molar-refractivity contribution in [1.29, 1.82) is 0 Å². The topological polar surface area (TPSA) is 6.48 Å². The molecule has 7 aromatic carbocycles. The monoisotopic (exact) mass is 616 g/mol. The minimum absolute atomic E-state index is 1.04. The van der Waals surface area contributed by atoms with Crippen LogP contribution < -0.4 is 9.80 Å². The minimum atomic E-state index is 1.04. The van der Waals surface area contributed by atoms with E-state index in [9.17, 15) is 0 Å². The van der Waals surface area contributed by atoms with Gasteiger partial charge in [-0.05, 0) is 94.4 Å². The summed E-state index contributed by atoms with van der Waals surface area (Å²) in [6.07, 6.45) is 5.64. The van der Waals surface area contributed by atoms with Gasteiger partial charge in [0.1, 0.15) is 0 Å². The summed E-state index contributed by atoms with van der Waals surface area (Å²) in [6, 6.07) is 62.4. The zero-order valence-corrected chi connectivity index (χ0v) is 26.8. The van der Waals surface area contributed by atoms with E-state index >= 15 is 0 Å². The lowest BCUT2D eigenvalue weighted by atomic mass is 10.0. The van der Waals surface area contributed by atoms with E-state index in [0.717, 1.165) is 45.3 Å². The molecule has 0 aliphatic carbocycles. The van der Waals surface area contributed by atoms with Crippen LogP contribution >= 0.6 is 0 Å². The van der Waals surface area contributed by atoms with E-state index in [0.29, 0.717) is 0 Å². The summed E-state index contributed by atoms with van der Waals surface area (Å²) in [5.74, 6) is 0. The Labute approximate surface area is 283 Å². The molecule has 0 aromatic heterocycles. The molecule has 7 aromatic rings. The number of nitrogens with zero attached hydrogens (tertiary/aromatic N) is 2. The van der Waals surface area contributed by atoms with Crippen molar-refractivity contribution in [2.45, 2.75) is 0 Å². The normalized spacial score (nSPS) is 11.2. The predicted octanol–water partition coefficient (Wildman–Crippen LogP) is 13.2. The van der Waals surface area contributed by atoms with Gasteiger partial charge >= 0.3 is 0 Å². The summed E-state index contributed by atoms with van der Waals surface area (Å²) < 4.78 is 0. The molecule has 0 N–H and O–H groups in total. The highest BCUT2D eigenvalue weighted by molar-refractivity contribution is 5.99. The molecular formula is C46H36N2. The molecule has 0 aliphatic rings. The quantitative estimate of drug-likeness (QED) is 0.141. The molecule has 48 heavy (non-hydrogen) atoms. The van der Waals surface area contributed by atoms with Gasteiger partial charge in [0.15, 0.2) is 0 Å². The number of rotatable bonds is 10. The van der Waals surface area contributed by atoms with Crippen LogP contribution in [0.1, 0.15) is 5.56 Å². The van der Waals surface area contributed by atoms with Gasteiger partial charge < -0.3 is 9.80 Å². The molecule has 230 valence electrons. The first-order valence-electron chi connectivity index (χ1n) is 16.2. The van der Waals surface area contributed by atoms with Crippen molar-refractivity contribution in [3.8, 4) is 11.1 Å². The molecule has 0 saturated heterocycles. The molecule has 0 fully saturated rings. The summed E-state index contributed by atoms with van der Waals surface area (Å²) in [4.78, 5) is 4.64. The molecule has 2 heteroatoms. The Morgan fingerprint density at radius 1 is 0.417 bits per heavy atom. The highest BCUT2D eigenvalue weighted by atomic mass is 15.2. The summed E-state index contributed by atoms with van der Waals surface area (Å²) >= 11 is 0. The SMILES string of the molecule is C=C/C=C(\C=C)c1ccc(N(c2ccc(-c3ccccc3)cc2)c2ccc(N(c3ccccc3)c3cccc4ccccc34)cc2)cc1. The van der Waals surface area contributed by atoms with Gasteiger partial charge in [-0.3, -0.25) is 0 Å². The number of anilines is 6. The van der Waals surface area contributed by atoms with Gasteiger partial charge in [0.2, 0.25) is 0 Å². The van der Waals surface area contributed by atoms with Crippen molar-refractivity contribution in [1.82, 2.24) is 0 Å². The molecule has 0 radical (unpaired) electrons. The van der Waals surface area contributed by atoms with Crippen LogP contribution in [0.4, 0.5) is 34.1 Å². The first-order valence-corrected chi connectivity index (χ1v) is 16.2. The van der Waals surface area contributed by atoms with E-state index in [2.05, 4.69) is 193 Å². The number of fused-ring (bicyclic) bond motifs is 1. The second-order valence-corrected chi connectivity index (χ2v) is 11.5. The van der Waals surface area contributed by atoms with E-state index in [-0.39, 0.29) is 0 Å². The lowest BCUT2D eigenvalue weighted by Gasteiger charge is -2.29. The predicted molar refractivity (Wildman–Crippen MR) is 207 cm³/mol. The average molecular weight is 617 g/mol. The second kappa shape index (κ2) is 13.9. The van der Waals surface area contributed by atoms with Crippen molar-refractivity contribution in [2.75, 3.05) is 9.80 Å². The third-order valence-corrected chi connectivity index (χ3v) is 8.60. The fourth-order valence-corrected chi connectivity index (χ4v) is 6.25. The van der Waals surface area contributed by atoms with Crippen molar-refractivity contribution in [2.24, 2.45) is 0 Å². The van der Waals surface area contributed by atoms with Gasteiger partial charge in [-0.25, -0.2) is 0 Å². The van der Waals surface area contributed by atoms with Crippen LogP contribution in [0.25, 0.3) is 27.5 Å². The zero-order chi connectivity index (χ0) is 32.7. The Bertz CT molecular complexity index is 2170. The number of hydrogen-bond donors (Lipinski definition) is 0. The average Bonchev–Trinajstić information content (AvgIpc) is 3.16. The van der Waals surface area contributed by atoms with E-state index in [1.807, 2.05) is 18.2 Å². The number of benzene rings is 7. The Morgan fingerprint density at radius 2 is 0.896 bits per heavy atom. The van der Waals surface area contributed by atoms with Crippen LogP contribution in [0.2, 0.25) is 0 Å². The number of para-hydroxylation sites is 1. The maximum absolute atomic E-state index is 3.99.